The molecule has 2 rings (SSSR count). The van der Waals surface area contributed by atoms with Crippen LogP contribution < -0.4 is 0 Å². The van der Waals surface area contributed by atoms with E-state index in [1.165, 1.54) is 6.07 Å². The molecule has 0 fully saturated rings. The number of benzene rings is 2. The Kier molecular flexibility index (Phi) is 1.78. The topological polar surface area (TPSA) is 40.5 Å². The number of rotatable bonds is 0. The van der Waals surface area contributed by atoms with Crippen molar-refractivity contribution in [1.82, 2.24) is 0 Å². The highest BCUT2D eigenvalue weighted by Crippen LogP contribution is 2.37. The fourth-order valence-electron chi connectivity index (χ4n) is 1.31. The molecule has 3 heteroatoms. The van der Waals surface area contributed by atoms with Crippen LogP contribution in [-0.4, -0.2) is 10.2 Å². The maximum Gasteiger partial charge on any atom is 0.138 e. The summed E-state index contributed by atoms with van der Waals surface area (Å²) < 4.78 is 0. The van der Waals surface area contributed by atoms with Crippen LogP contribution in [0.1, 0.15) is 0 Å². The third-order valence-corrected chi connectivity index (χ3v) is 2.34. The minimum absolute atomic E-state index is 0.0394. The van der Waals surface area contributed by atoms with E-state index in [0.29, 0.717) is 10.8 Å². The summed E-state index contributed by atoms with van der Waals surface area (Å²) in [5, 5.41) is 20.3. The number of fused-ring (bicyclic) bond motifs is 1. The van der Waals surface area contributed by atoms with Gasteiger partial charge < -0.3 is 10.2 Å². The fraction of sp³-hybridized carbons (Fsp3) is 0. The molecule has 0 saturated heterocycles. The Morgan fingerprint density at radius 2 is 1.54 bits per heavy atom. The third kappa shape index (κ3) is 1.19. The molecule has 2 aromatic rings. The molecule has 0 aliphatic heterocycles. The molecule has 0 spiro atoms. The third-order valence-electron chi connectivity index (χ3n) is 1.94. The van der Waals surface area contributed by atoms with Crippen molar-refractivity contribution in [1.29, 1.82) is 0 Å². The lowest BCUT2D eigenvalue weighted by Gasteiger charge is -2.04. The summed E-state index contributed by atoms with van der Waals surface area (Å²) in [6, 6.07) is 8.33. The van der Waals surface area contributed by atoms with E-state index in [-0.39, 0.29) is 16.5 Å². The Morgan fingerprint density at radius 3 is 2.23 bits per heavy atom. The van der Waals surface area contributed by atoms with Crippen LogP contribution in [0.25, 0.3) is 10.8 Å². The van der Waals surface area contributed by atoms with Gasteiger partial charge >= 0.3 is 0 Å². The quantitative estimate of drug-likeness (QED) is 0.677. The second kappa shape index (κ2) is 2.82. The molecule has 0 heterocycles. The molecule has 66 valence electrons. The van der Waals surface area contributed by atoms with E-state index in [9.17, 15) is 10.2 Å². The van der Waals surface area contributed by atoms with Crippen LogP contribution in [-0.2, 0) is 0 Å². The lowest BCUT2D eigenvalue weighted by Crippen LogP contribution is -1.76. The van der Waals surface area contributed by atoms with Gasteiger partial charge in [-0.1, -0.05) is 35.9 Å². The molecular weight excluding hydrogens is 188 g/mol. The number of phenolic OH excluding ortho intramolecular Hbond substituents is 2. The van der Waals surface area contributed by atoms with Crippen LogP contribution in [0.5, 0.6) is 11.5 Å². The first-order chi connectivity index (χ1) is 6.20. The highest BCUT2D eigenvalue weighted by Gasteiger charge is 2.07. The summed E-state index contributed by atoms with van der Waals surface area (Å²) in [5.41, 5.74) is 0. The molecule has 13 heavy (non-hydrogen) atoms. The van der Waals surface area contributed by atoms with Crippen LogP contribution in [0.15, 0.2) is 30.3 Å². The van der Waals surface area contributed by atoms with Crippen molar-refractivity contribution in [2.45, 2.75) is 0 Å². The summed E-state index contributed by atoms with van der Waals surface area (Å²) in [7, 11) is 0. The van der Waals surface area contributed by atoms with Gasteiger partial charge in [0.05, 0.1) is 5.02 Å². The average molecular weight is 195 g/mol. The molecule has 2 nitrogen and oxygen atoms in total. The van der Waals surface area contributed by atoms with Gasteiger partial charge in [-0.3, -0.25) is 0 Å². The summed E-state index contributed by atoms with van der Waals surface area (Å²) in [6.07, 6.45) is 0. The van der Waals surface area contributed by atoms with E-state index < -0.39 is 0 Å². The van der Waals surface area contributed by atoms with Crippen LogP contribution >= 0.6 is 11.6 Å². The van der Waals surface area contributed by atoms with Gasteiger partial charge in [0.25, 0.3) is 0 Å². The number of hydrogen-bond acceptors (Lipinski definition) is 2. The monoisotopic (exact) mass is 194 g/mol. The second-order valence-electron chi connectivity index (χ2n) is 2.77. The zero-order valence-electron chi connectivity index (χ0n) is 6.66. The van der Waals surface area contributed by atoms with Gasteiger partial charge in [0, 0.05) is 16.8 Å². The van der Waals surface area contributed by atoms with E-state index in [1.807, 2.05) is 0 Å². The van der Waals surface area contributed by atoms with Gasteiger partial charge in [0.1, 0.15) is 11.5 Å². The normalized spacial score (nSPS) is 10.5. The average Bonchev–Trinajstić information content (AvgIpc) is 2.15. The number of phenols is 2. The van der Waals surface area contributed by atoms with Gasteiger partial charge in [-0.05, 0) is 0 Å². The van der Waals surface area contributed by atoms with Crippen molar-refractivity contribution in [3.05, 3.63) is 35.4 Å². The molecule has 2 N–H and O–H groups in total. The summed E-state index contributed by atoms with van der Waals surface area (Å²) in [4.78, 5) is 0. The SMILES string of the molecule is Oc1cc(O)c2ccccc2c1Cl. The van der Waals surface area contributed by atoms with Crippen LogP contribution in [0.2, 0.25) is 5.02 Å². The van der Waals surface area contributed by atoms with Crippen molar-refractivity contribution >= 4 is 22.4 Å². The maximum absolute atomic E-state index is 9.46. The van der Waals surface area contributed by atoms with Crippen molar-refractivity contribution in [3.63, 3.8) is 0 Å². The molecule has 0 aliphatic rings. The van der Waals surface area contributed by atoms with Crippen molar-refractivity contribution in [2.75, 3.05) is 0 Å². The number of hydrogen-bond donors (Lipinski definition) is 2. The highest BCUT2D eigenvalue weighted by molar-refractivity contribution is 6.37. The number of halogens is 1. The molecule has 0 amide bonds. The van der Waals surface area contributed by atoms with E-state index >= 15 is 0 Å². The fourth-order valence-corrected chi connectivity index (χ4v) is 1.53. The van der Waals surface area contributed by atoms with Crippen molar-refractivity contribution in [3.8, 4) is 11.5 Å². The van der Waals surface area contributed by atoms with E-state index in [0.717, 1.165) is 0 Å². The molecule has 0 aromatic heterocycles. The second-order valence-corrected chi connectivity index (χ2v) is 3.15. The maximum atomic E-state index is 9.46. The van der Waals surface area contributed by atoms with Gasteiger partial charge in [0.2, 0.25) is 0 Å². The van der Waals surface area contributed by atoms with Crippen molar-refractivity contribution in [2.24, 2.45) is 0 Å². The minimum Gasteiger partial charge on any atom is -0.507 e. The zero-order valence-corrected chi connectivity index (χ0v) is 7.42. The standard InChI is InChI=1S/C10H7ClO2/c11-10-7-4-2-1-3-6(7)8(12)5-9(10)13/h1-5,12-13H. The van der Waals surface area contributed by atoms with Gasteiger partial charge in [-0.15, -0.1) is 0 Å². The molecule has 0 bridgehead atoms. The Labute approximate surface area is 80.0 Å². The molecular formula is C10H7ClO2. The first-order valence-electron chi connectivity index (χ1n) is 3.79. The largest absolute Gasteiger partial charge is 0.507 e. The Bertz CT molecular complexity index is 466. The Hall–Kier alpha value is -1.41. The van der Waals surface area contributed by atoms with Gasteiger partial charge in [0.15, 0.2) is 0 Å². The lowest BCUT2D eigenvalue weighted by molar-refractivity contribution is 0.455. The predicted molar refractivity (Wildman–Crippen MR) is 52.3 cm³/mol. The van der Waals surface area contributed by atoms with E-state index in [4.69, 9.17) is 11.6 Å². The summed E-state index contributed by atoms with van der Waals surface area (Å²) in [6.45, 7) is 0. The summed E-state index contributed by atoms with van der Waals surface area (Å²) >= 11 is 5.84. The van der Waals surface area contributed by atoms with Crippen molar-refractivity contribution < 1.29 is 10.2 Å². The molecule has 0 atom stereocenters. The van der Waals surface area contributed by atoms with Crippen LogP contribution in [0.4, 0.5) is 0 Å². The number of aromatic hydroxyl groups is 2. The smallest absolute Gasteiger partial charge is 0.138 e. The molecule has 0 saturated carbocycles. The first-order valence-corrected chi connectivity index (χ1v) is 4.17. The lowest BCUT2D eigenvalue weighted by atomic mass is 10.1. The zero-order chi connectivity index (χ0) is 9.42. The van der Waals surface area contributed by atoms with Crippen LogP contribution in [0.3, 0.4) is 0 Å². The van der Waals surface area contributed by atoms with Gasteiger partial charge in [-0.2, -0.15) is 0 Å². The first kappa shape index (κ1) is 8.20. The highest BCUT2D eigenvalue weighted by atomic mass is 35.5. The predicted octanol–water partition coefficient (Wildman–Crippen LogP) is 2.90. The Balaban J connectivity index is 2.97. The summed E-state index contributed by atoms with van der Waals surface area (Å²) in [5.74, 6) is -0.0598. The molecule has 0 unspecified atom stereocenters. The van der Waals surface area contributed by atoms with Crippen LogP contribution in [0, 0.1) is 0 Å². The molecule has 0 aliphatic carbocycles. The van der Waals surface area contributed by atoms with E-state index in [2.05, 4.69) is 0 Å². The minimum atomic E-state index is -0.0992. The Morgan fingerprint density at radius 1 is 0.923 bits per heavy atom. The van der Waals surface area contributed by atoms with Gasteiger partial charge in [-0.25, -0.2) is 0 Å². The molecule has 2 aromatic carbocycles. The molecule has 0 radical (unpaired) electrons. The van der Waals surface area contributed by atoms with E-state index in [1.54, 1.807) is 24.3 Å².